The van der Waals surface area contributed by atoms with Crippen molar-refractivity contribution in [2.75, 3.05) is 13.2 Å². The highest BCUT2D eigenvalue weighted by atomic mass is 16.5. The number of hydrogen-bond acceptors (Lipinski definition) is 4. The molecule has 1 saturated heterocycles. The number of ketones is 2. The quantitative estimate of drug-likeness (QED) is 0.609. The molecule has 0 bridgehead atoms. The summed E-state index contributed by atoms with van der Waals surface area (Å²) in [7, 11) is 0. The van der Waals surface area contributed by atoms with Crippen molar-refractivity contribution >= 4 is 11.6 Å². The van der Waals surface area contributed by atoms with Crippen LogP contribution >= 0.6 is 0 Å². The Morgan fingerprint density at radius 1 is 1.33 bits per heavy atom. The summed E-state index contributed by atoms with van der Waals surface area (Å²) in [4.78, 5) is 21.7. The van der Waals surface area contributed by atoms with E-state index in [1.54, 1.807) is 0 Å². The Labute approximate surface area is 71.3 Å². The second kappa shape index (κ2) is 3.78. The standard InChI is InChI=1S/C8H13NO3/c1-5(10)7-4-12-8(3-9-7)6(2)11/h7-9H,3-4H2,1-2H3. The van der Waals surface area contributed by atoms with Crippen molar-refractivity contribution in [1.29, 1.82) is 0 Å². The molecule has 1 rings (SSSR count). The first-order chi connectivity index (χ1) is 5.61. The van der Waals surface area contributed by atoms with Crippen LogP contribution in [0, 0.1) is 0 Å². The van der Waals surface area contributed by atoms with E-state index in [1.165, 1.54) is 13.8 Å². The van der Waals surface area contributed by atoms with E-state index in [0.29, 0.717) is 13.2 Å². The van der Waals surface area contributed by atoms with Crippen molar-refractivity contribution in [3.05, 3.63) is 0 Å². The lowest BCUT2D eigenvalue weighted by Crippen LogP contribution is -2.51. The van der Waals surface area contributed by atoms with Crippen molar-refractivity contribution in [1.82, 2.24) is 5.32 Å². The minimum absolute atomic E-state index is 0.00417. The molecule has 4 nitrogen and oxygen atoms in total. The van der Waals surface area contributed by atoms with Gasteiger partial charge in [-0.3, -0.25) is 9.59 Å². The number of ether oxygens (including phenoxy) is 1. The first kappa shape index (κ1) is 9.35. The topological polar surface area (TPSA) is 55.4 Å². The number of carbonyl (C=O) groups excluding carboxylic acids is 2. The Hall–Kier alpha value is -0.740. The summed E-state index contributed by atoms with van der Waals surface area (Å²) in [5.74, 6) is 0.0569. The monoisotopic (exact) mass is 171 g/mol. The molecule has 12 heavy (non-hydrogen) atoms. The maximum absolute atomic E-state index is 10.8. The summed E-state index contributed by atoms with van der Waals surface area (Å²) in [5, 5.41) is 2.95. The van der Waals surface area contributed by atoms with Gasteiger partial charge in [-0.2, -0.15) is 0 Å². The molecule has 0 aromatic rings. The summed E-state index contributed by atoms with van der Waals surface area (Å²) in [6, 6.07) is -0.236. The molecule has 0 aromatic carbocycles. The Bertz CT molecular complexity index is 172. The Kier molecular flexibility index (Phi) is 2.94. The molecular formula is C8H13NO3. The van der Waals surface area contributed by atoms with Crippen molar-refractivity contribution in [2.24, 2.45) is 0 Å². The minimum atomic E-state index is -0.374. The summed E-state index contributed by atoms with van der Waals surface area (Å²) >= 11 is 0. The van der Waals surface area contributed by atoms with Crippen LogP contribution in [-0.4, -0.2) is 36.9 Å². The zero-order chi connectivity index (χ0) is 9.14. The van der Waals surface area contributed by atoms with Gasteiger partial charge in [-0.15, -0.1) is 0 Å². The molecule has 1 aliphatic heterocycles. The number of nitrogens with one attached hydrogen (secondary N) is 1. The molecule has 68 valence electrons. The van der Waals surface area contributed by atoms with Gasteiger partial charge < -0.3 is 10.1 Å². The fourth-order valence-corrected chi connectivity index (χ4v) is 1.10. The normalized spacial score (nSPS) is 29.8. The molecule has 1 aliphatic rings. The van der Waals surface area contributed by atoms with Gasteiger partial charge in [0.2, 0.25) is 0 Å². The molecule has 1 heterocycles. The average molecular weight is 171 g/mol. The smallest absolute Gasteiger partial charge is 0.159 e. The molecule has 0 radical (unpaired) electrons. The third kappa shape index (κ3) is 2.12. The molecule has 0 amide bonds. The van der Waals surface area contributed by atoms with Gasteiger partial charge in [-0.1, -0.05) is 0 Å². The summed E-state index contributed by atoms with van der Waals surface area (Å²) in [5.41, 5.74) is 0. The lowest BCUT2D eigenvalue weighted by molar-refractivity contribution is -0.135. The van der Waals surface area contributed by atoms with E-state index in [-0.39, 0.29) is 23.7 Å². The molecule has 4 heteroatoms. The molecule has 2 unspecified atom stereocenters. The molecule has 1 fully saturated rings. The number of rotatable bonds is 2. The number of Topliss-reactive ketones (excluding diaryl/α,β-unsaturated/α-hetero) is 2. The van der Waals surface area contributed by atoms with Crippen molar-refractivity contribution in [2.45, 2.75) is 26.0 Å². The predicted molar refractivity (Wildman–Crippen MR) is 42.9 cm³/mol. The SMILES string of the molecule is CC(=O)C1COC(C(C)=O)CN1. The van der Waals surface area contributed by atoms with Crippen LogP contribution < -0.4 is 5.32 Å². The van der Waals surface area contributed by atoms with E-state index >= 15 is 0 Å². The summed E-state index contributed by atoms with van der Waals surface area (Å²) in [6.45, 7) is 3.74. The van der Waals surface area contributed by atoms with Gasteiger partial charge in [-0.05, 0) is 13.8 Å². The van der Waals surface area contributed by atoms with Crippen LogP contribution in [0.15, 0.2) is 0 Å². The van der Waals surface area contributed by atoms with E-state index in [4.69, 9.17) is 4.74 Å². The van der Waals surface area contributed by atoms with Gasteiger partial charge in [0.25, 0.3) is 0 Å². The van der Waals surface area contributed by atoms with Gasteiger partial charge in [0.15, 0.2) is 5.78 Å². The third-order valence-electron chi connectivity index (χ3n) is 1.96. The van der Waals surface area contributed by atoms with Crippen LogP contribution in [0.1, 0.15) is 13.8 Å². The van der Waals surface area contributed by atoms with E-state index in [0.717, 1.165) is 0 Å². The maximum Gasteiger partial charge on any atom is 0.159 e. The van der Waals surface area contributed by atoms with Crippen LogP contribution in [0.5, 0.6) is 0 Å². The Balaban J connectivity index is 2.39. The molecule has 2 atom stereocenters. The zero-order valence-corrected chi connectivity index (χ0v) is 7.29. The van der Waals surface area contributed by atoms with Crippen molar-refractivity contribution < 1.29 is 14.3 Å². The van der Waals surface area contributed by atoms with E-state index < -0.39 is 0 Å². The van der Waals surface area contributed by atoms with Crippen LogP contribution in [0.25, 0.3) is 0 Å². The second-order valence-corrected chi connectivity index (χ2v) is 3.00. The first-order valence-corrected chi connectivity index (χ1v) is 3.97. The van der Waals surface area contributed by atoms with Gasteiger partial charge in [0.05, 0.1) is 12.6 Å². The molecule has 0 aliphatic carbocycles. The van der Waals surface area contributed by atoms with E-state index in [9.17, 15) is 9.59 Å². The first-order valence-electron chi connectivity index (χ1n) is 3.97. The van der Waals surface area contributed by atoms with Crippen LogP contribution in [-0.2, 0) is 14.3 Å². The Morgan fingerprint density at radius 3 is 2.33 bits per heavy atom. The fourth-order valence-electron chi connectivity index (χ4n) is 1.10. The third-order valence-corrected chi connectivity index (χ3v) is 1.96. The molecule has 0 saturated carbocycles. The zero-order valence-electron chi connectivity index (χ0n) is 7.29. The molecule has 1 N–H and O–H groups in total. The maximum atomic E-state index is 10.8. The minimum Gasteiger partial charge on any atom is -0.367 e. The summed E-state index contributed by atoms with van der Waals surface area (Å²) < 4.78 is 5.18. The largest absolute Gasteiger partial charge is 0.367 e. The van der Waals surface area contributed by atoms with Crippen molar-refractivity contribution in [3.8, 4) is 0 Å². The molecule has 0 spiro atoms. The number of morpholine rings is 1. The van der Waals surface area contributed by atoms with Crippen molar-refractivity contribution in [3.63, 3.8) is 0 Å². The van der Waals surface area contributed by atoms with Gasteiger partial charge in [0.1, 0.15) is 11.9 Å². The highest BCUT2D eigenvalue weighted by molar-refractivity contribution is 5.83. The highest BCUT2D eigenvalue weighted by Crippen LogP contribution is 2.02. The van der Waals surface area contributed by atoms with Gasteiger partial charge in [0, 0.05) is 6.54 Å². The summed E-state index contributed by atoms with van der Waals surface area (Å²) in [6.07, 6.45) is -0.374. The highest BCUT2D eigenvalue weighted by Gasteiger charge is 2.25. The van der Waals surface area contributed by atoms with Gasteiger partial charge >= 0.3 is 0 Å². The number of hydrogen-bond donors (Lipinski definition) is 1. The van der Waals surface area contributed by atoms with Crippen LogP contribution in [0.2, 0.25) is 0 Å². The second-order valence-electron chi connectivity index (χ2n) is 3.00. The fraction of sp³-hybridized carbons (Fsp3) is 0.750. The average Bonchev–Trinajstić information content (AvgIpc) is 2.04. The van der Waals surface area contributed by atoms with Crippen LogP contribution in [0.4, 0.5) is 0 Å². The van der Waals surface area contributed by atoms with E-state index in [2.05, 4.69) is 5.32 Å². The molecular weight excluding hydrogens is 158 g/mol. The lowest BCUT2D eigenvalue weighted by atomic mass is 10.1. The van der Waals surface area contributed by atoms with Gasteiger partial charge in [-0.25, -0.2) is 0 Å². The van der Waals surface area contributed by atoms with Crippen LogP contribution in [0.3, 0.4) is 0 Å². The Morgan fingerprint density at radius 2 is 2.00 bits per heavy atom. The molecule has 0 aromatic heterocycles. The lowest BCUT2D eigenvalue weighted by Gasteiger charge is -2.27. The van der Waals surface area contributed by atoms with E-state index in [1.807, 2.05) is 0 Å². The predicted octanol–water partition coefficient (Wildman–Crippen LogP) is -0.479. The number of carbonyl (C=O) groups is 2.